The van der Waals surface area contributed by atoms with E-state index in [2.05, 4.69) is 14.8 Å². The summed E-state index contributed by atoms with van der Waals surface area (Å²) in [5.41, 5.74) is 5.66. The molecular formula is C31H28ClF3N6O3S. The van der Waals surface area contributed by atoms with E-state index in [4.69, 9.17) is 36.5 Å². The summed E-state index contributed by atoms with van der Waals surface area (Å²) in [5, 5.41) is 10.4. The molecule has 234 valence electrons. The molecule has 45 heavy (non-hydrogen) atoms. The fraction of sp³-hybridized carbons (Fsp3) is 0.452. The highest BCUT2D eigenvalue weighted by Crippen LogP contribution is 2.51. The molecule has 2 aromatic carbocycles. The Balaban J connectivity index is 1.35. The molecule has 4 aliphatic heterocycles. The Kier molecular flexibility index (Phi) is 6.90. The largest absolute Gasteiger partial charge is 0.491 e. The number of nitrogens with two attached hydrogens (primary N) is 1. The van der Waals surface area contributed by atoms with Gasteiger partial charge in [0.05, 0.1) is 52.1 Å². The van der Waals surface area contributed by atoms with E-state index >= 15 is 4.39 Å². The van der Waals surface area contributed by atoms with Crippen molar-refractivity contribution in [2.24, 2.45) is 0 Å². The van der Waals surface area contributed by atoms with Gasteiger partial charge in [-0.25, -0.2) is 13.2 Å². The molecule has 0 aliphatic carbocycles. The minimum Gasteiger partial charge on any atom is -0.491 e. The Bertz CT molecular complexity index is 1920. The third-order valence-electron chi connectivity index (χ3n) is 9.57. The van der Waals surface area contributed by atoms with Gasteiger partial charge in [0, 0.05) is 36.9 Å². The molecule has 3 saturated heterocycles. The van der Waals surface area contributed by atoms with Crippen LogP contribution in [0.15, 0.2) is 12.1 Å². The van der Waals surface area contributed by atoms with Gasteiger partial charge in [0.2, 0.25) is 0 Å². The number of alkyl halides is 1. The van der Waals surface area contributed by atoms with Gasteiger partial charge in [-0.15, -0.1) is 11.3 Å². The number of nitrogen functional groups attached to an aromatic ring is 1. The SMILES string of the molecule is N#Cc1c(N)sc2c(F)ccc(-c3c(Cl)c4c5c(nc(OCC67CCCN6C[C@H](F)C7)nc5c3F)N3CCOCC3CCO4)c12. The van der Waals surface area contributed by atoms with E-state index < -0.39 is 23.3 Å². The number of rotatable bonds is 4. The van der Waals surface area contributed by atoms with E-state index in [0.717, 1.165) is 30.7 Å². The molecule has 6 heterocycles. The van der Waals surface area contributed by atoms with Crippen LogP contribution in [0.1, 0.15) is 31.2 Å². The highest BCUT2D eigenvalue weighted by Gasteiger charge is 2.49. The Morgan fingerprint density at radius 1 is 1.22 bits per heavy atom. The van der Waals surface area contributed by atoms with Crippen LogP contribution in [0.3, 0.4) is 0 Å². The van der Waals surface area contributed by atoms with E-state index in [1.54, 1.807) is 0 Å². The lowest BCUT2D eigenvalue weighted by Gasteiger charge is -2.38. The Hall–Kier alpha value is -3.57. The first-order valence-corrected chi connectivity index (χ1v) is 16.1. The molecule has 3 fully saturated rings. The minimum absolute atomic E-state index is 0.0373. The summed E-state index contributed by atoms with van der Waals surface area (Å²) in [6.07, 6.45) is 1.73. The van der Waals surface area contributed by atoms with E-state index in [1.807, 2.05) is 6.07 Å². The molecule has 14 heteroatoms. The van der Waals surface area contributed by atoms with Gasteiger partial charge in [-0.05, 0) is 31.0 Å². The van der Waals surface area contributed by atoms with E-state index in [-0.39, 0.29) is 78.7 Å². The van der Waals surface area contributed by atoms with Crippen molar-refractivity contribution in [2.45, 2.75) is 43.4 Å². The smallest absolute Gasteiger partial charge is 0.319 e. The minimum atomic E-state index is -0.937. The lowest BCUT2D eigenvalue weighted by atomic mass is 9.95. The third kappa shape index (κ3) is 4.40. The van der Waals surface area contributed by atoms with E-state index in [0.29, 0.717) is 45.0 Å². The van der Waals surface area contributed by atoms with Gasteiger partial charge in [-0.1, -0.05) is 17.7 Å². The first kappa shape index (κ1) is 28.9. The summed E-state index contributed by atoms with van der Waals surface area (Å²) < 4.78 is 64.8. The van der Waals surface area contributed by atoms with Crippen molar-refractivity contribution >= 4 is 54.7 Å². The van der Waals surface area contributed by atoms with Crippen molar-refractivity contribution in [2.75, 3.05) is 56.7 Å². The van der Waals surface area contributed by atoms with Crippen molar-refractivity contribution in [3.05, 3.63) is 34.4 Å². The van der Waals surface area contributed by atoms with Gasteiger partial charge >= 0.3 is 6.01 Å². The molecular weight excluding hydrogens is 629 g/mol. The zero-order valence-corrected chi connectivity index (χ0v) is 25.6. The molecule has 8 rings (SSSR count). The van der Waals surface area contributed by atoms with Crippen molar-refractivity contribution in [1.29, 1.82) is 5.26 Å². The molecule has 2 aromatic heterocycles. The summed E-state index contributed by atoms with van der Waals surface area (Å²) in [5.74, 6) is -0.794. The van der Waals surface area contributed by atoms with Crippen LogP contribution in [0.2, 0.25) is 5.02 Å². The van der Waals surface area contributed by atoms with Gasteiger partial charge in [0.1, 0.15) is 41.0 Å². The molecule has 0 saturated carbocycles. The number of halogens is 4. The molecule has 9 nitrogen and oxygen atoms in total. The number of fused-ring (bicyclic) bond motifs is 4. The topological polar surface area (TPSA) is 110 Å². The van der Waals surface area contributed by atoms with Crippen LogP contribution in [0.4, 0.5) is 24.0 Å². The second kappa shape index (κ2) is 10.8. The second-order valence-electron chi connectivity index (χ2n) is 12.1. The number of aromatic nitrogens is 2. The summed E-state index contributed by atoms with van der Waals surface area (Å²) in [7, 11) is 0. The zero-order valence-electron chi connectivity index (χ0n) is 24.0. The number of nitriles is 1. The average molecular weight is 657 g/mol. The number of ether oxygens (including phenoxy) is 3. The van der Waals surface area contributed by atoms with Gasteiger partial charge in [0.25, 0.3) is 0 Å². The van der Waals surface area contributed by atoms with Crippen molar-refractivity contribution in [3.63, 3.8) is 0 Å². The summed E-state index contributed by atoms with van der Waals surface area (Å²) >= 11 is 7.91. The van der Waals surface area contributed by atoms with Crippen molar-refractivity contribution < 1.29 is 27.4 Å². The molecule has 2 unspecified atom stereocenters. The van der Waals surface area contributed by atoms with Crippen LogP contribution >= 0.6 is 22.9 Å². The molecule has 4 aromatic rings. The number of hydrogen-bond acceptors (Lipinski definition) is 10. The molecule has 0 bridgehead atoms. The molecule has 2 N–H and O–H groups in total. The van der Waals surface area contributed by atoms with Crippen LogP contribution in [0, 0.1) is 23.0 Å². The highest BCUT2D eigenvalue weighted by molar-refractivity contribution is 7.23. The number of benzene rings is 2. The van der Waals surface area contributed by atoms with Crippen LogP contribution in [-0.4, -0.2) is 78.7 Å². The number of nitrogens with zero attached hydrogens (tertiary/aromatic N) is 5. The lowest BCUT2D eigenvalue weighted by molar-refractivity contribution is 0.0850. The molecule has 0 amide bonds. The first-order chi connectivity index (χ1) is 21.8. The number of anilines is 2. The number of thiophene rings is 1. The van der Waals surface area contributed by atoms with E-state index in [9.17, 15) is 14.0 Å². The van der Waals surface area contributed by atoms with Crippen LogP contribution in [0.25, 0.3) is 32.1 Å². The second-order valence-corrected chi connectivity index (χ2v) is 13.5. The average Bonchev–Trinajstić information content (AvgIpc) is 3.67. The third-order valence-corrected chi connectivity index (χ3v) is 11.0. The maximum absolute atomic E-state index is 17.1. The Morgan fingerprint density at radius 3 is 2.93 bits per heavy atom. The quantitative estimate of drug-likeness (QED) is 0.290. The normalized spacial score (nSPS) is 24.6. The van der Waals surface area contributed by atoms with Crippen molar-refractivity contribution in [3.8, 4) is 29.0 Å². The molecule has 3 atom stereocenters. The van der Waals surface area contributed by atoms with Gasteiger partial charge in [-0.3, -0.25) is 4.90 Å². The highest BCUT2D eigenvalue weighted by atomic mass is 35.5. The predicted molar refractivity (Wildman–Crippen MR) is 165 cm³/mol. The maximum atomic E-state index is 17.1. The number of morpholine rings is 1. The lowest BCUT2D eigenvalue weighted by Crippen LogP contribution is -2.47. The Labute approximate surface area is 265 Å². The van der Waals surface area contributed by atoms with Crippen molar-refractivity contribution in [1.82, 2.24) is 14.9 Å². The van der Waals surface area contributed by atoms with Gasteiger partial charge < -0.3 is 24.8 Å². The maximum Gasteiger partial charge on any atom is 0.319 e. The predicted octanol–water partition coefficient (Wildman–Crippen LogP) is 5.84. The fourth-order valence-electron chi connectivity index (χ4n) is 7.51. The summed E-state index contributed by atoms with van der Waals surface area (Å²) in [6, 6.07) is 4.47. The summed E-state index contributed by atoms with van der Waals surface area (Å²) in [6.45, 7) is 2.97. The van der Waals surface area contributed by atoms with E-state index in [1.165, 1.54) is 12.1 Å². The monoisotopic (exact) mass is 656 g/mol. The summed E-state index contributed by atoms with van der Waals surface area (Å²) in [4.78, 5) is 13.5. The molecule has 4 aliphatic rings. The molecule has 0 radical (unpaired) electrons. The van der Waals surface area contributed by atoms with Crippen LogP contribution < -0.4 is 20.1 Å². The van der Waals surface area contributed by atoms with Gasteiger partial charge in [-0.2, -0.15) is 15.2 Å². The zero-order chi connectivity index (χ0) is 31.0. The van der Waals surface area contributed by atoms with Crippen LogP contribution in [0.5, 0.6) is 11.8 Å². The molecule has 0 spiro atoms. The number of hydrogen-bond donors (Lipinski definition) is 1. The Morgan fingerprint density at radius 2 is 2.09 bits per heavy atom. The van der Waals surface area contributed by atoms with Gasteiger partial charge in [0.15, 0.2) is 11.6 Å². The fourth-order valence-corrected chi connectivity index (χ4v) is 8.79. The van der Waals surface area contributed by atoms with Crippen LogP contribution in [-0.2, 0) is 4.74 Å². The first-order valence-electron chi connectivity index (χ1n) is 14.9. The standard InChI is InChI=1S/C31H28ClF3N6O3S/c32-23-21(17-2-3-19(34)27-20(17)18(11-36)28(37)45-27)24(35)25-22-26(23)43-8-4-16-13-42-9-7-41(16)29(22)39-30(38-25)44-14-31-5-1-6-40(31)12-15(33)10-31/h2-3,15-16H,1,4-10,12-14,37H2/t15-,16?,31?/m1/s1.